The second-order valence-corrected chi connectivity index (χ2v) is 5.95. The molecule has 0 bridgehead atoms. The summed E-state index contributed by atoms with van der Waals surface area (Å²) in [6, 6.07) is 14.2. The van der Waals surface area contributed by atoms with E-state index in [0.717, 1.165) is 18.4 Å². The minimum Gasteiger partial charge on any atom is -0.496 e. The van der Waals surface area contributed by atoms with E-state index in [1.807, 2.05) is 24.3 Å². The molecule has 0 radical (unpaired) electrons. The number of methoxy groups -OCH3 is 1. The molecule has 25 heavy (non-hydrogen) atoms. The molecule has 6 nitrogen and oxygen atoms in total. The van der Waals surface area contributed by atoms with Crippen molar-refractivity contribution in [1.29, 1.82) is 0 Å². The molecular formula is C19H19NO5. The van der Waals surface area contributed by atoms with Crippen molar-refractivity contribution in [2.45, 2.75) is 18.3 Å². The Morgan fingerprint density at radius 2 is 1.92 bits per heavy atom. The van der Waals surface area contributed by atoms with Crippen LogP contribution in [-0.4, -0.2) is 30.7 Å². The third kappa shape index (κ3) is 3.57. The second kappa shape index (κ2) is 6.84. The number of carboxylic acid groups (broad SMARTS) is 1. The molecule has 0 heterocycles. The van der Waals surface area contributed by atoms with E-state index in [4.69, 9.17) is 14.6 Å². The second-order valence-electron chi connectivity index (χ2n) is 5.95. The van der Waals surface area contributed by atoms with Crippen molar-refractivity contribution in [2.75, 3.05) is 19.0 Å². The van der Waals surface area contributed by atoms with Gasteiger partial charge in [0.15, 0.2) is 6.61 Å². The highest BCUT2D eigenvalue weighted by Crippen LogP contribution is 2.52. The van der Waals surface area contributed by atoms with Crippen LogP contribution in [0.5, 0.6) is 11.5 Å². The van der Waals surface area contributed by atoms with Crippen LogP contribution in [-0.2, 0) is 15.0 Å². The SMILES string of the molecule is COc1ccccc1C1(C(=O)Nc2cccc(OCC(=O)O)c2)CC1. The molecule has 3 rings (SSSR count). The summed E-state index contributed by atoms with van der Waals surface area (Å²) in [6.45, 7) is -0.428. The van der Waals surface area contributed by atoms with Gasteiger partial charge in [0.2, 0.25) is 5.91 Å². The van der Waals surface area contributed by atoms with Gasteiger partial charge >= 0.3 is 5.97 Å². The number of aliphatic carboxylic acids is 1. The smallest absolute Gasteiger partial charge is 0.341 e. The van der Waals surface area contributed by atoms with E-state index >= 15 is 0 Å². The van der Waals surface area contributed by atoms with Gasteiger partial charge < -0.3 is 19.9 Å². The fourth-order valence-electron chi connectivity index (χ4n) is 2.84. The highest BCUT2D eigenvalue weighted by Gasteiger charge is 2.52. The molecule has 0 unspecified atom stereocenters. The predicted molar refractivity (Wildman–Crippen MR) is 92.1 cm³/mol. The van der Waals surface area contributed by atoms with Crippen LogP contribution >= 0.6 is 0 Å². The molecule has 6 heteroatoms. The monoisotopic (exact) mass is 341 g/mol. The highest BCUT2D eigenvalue weighted by molar-refractivity contribution is 6.02. The van der Waals surface area contributed by atoms with Crippen LogP contribution in [0, 0.1) is 0 Å². The summed E-state index contributed by atoms with van der Waals surface area (Å²) in [7, 11) is 1.59. The predicted octanol–water partition coefficient (Wildman–Crippen LogP) is 2.83. The number of rotatable bonds is 7. The zero-order valence-corrected chi connectivity index (χ0v) is 13.8. The molecule has 0 aromatic heterocycles. The van der Waals surface area contributed by atoms with Crippen molar-refractivity contribution in [1.82, 2.24) is 0 Å². The summed E-state index contributed by atoms with van der Waals surface area (Å²) in [5, 5.41) is 11.6. The van der Waals surface area contributed by atoms with Crippen molar-refractivity contribution in [3.05, 3.63) is 54.1 Å². The summed E-state index contributed by atoms with van der Waals surface area (Å²) in [6.07, 6.45) is 1.52. The summed E-state index contributed by atoms with van der Waals surface area (Å²) in [5.41, 5.74) is 0.868. The molecule has 130 valence electrons. The molecule has 2 aromatic carbocycles. The molecular weight excluding hydrogens is 322 g/mol. The summed E-state index contributed by atoms with van der Waals surface area (Å²) in [5.74, 6) is -0.0639. The number of anilines is 1. The lowest BCUT2D eigenvalue weighted by Gasteiger charge is -2.18. The zero-order valence-electron chi connectivity index (χ0n) is 13.8. The van der Waals surface area contributed by atoms with Gasteiger partial charge in [-0.25, -0.2) is 4.79 Å². The molecule has 1 fully saturated rings. The minimum atomic E-state index is -1.05. The molecule has 2 N–H and O–H groups in total. The molecule has 1 aliphatic carbocycles. The molecule has 1 aliphatic rings. The molecule has 0 spiro atoms. The normalized spacial score (nSPS) is 14.4. The number of amides is 1. The summed E-state index contributed by atoms with van der Waals surface area (Å²) < 4.78 is 10.5. The van der Waals surface area contributed by atoms with E-state index in [-0.39, 0.29) is 5.91 Å². The van der Waals surface area contributed by atoms with E-state index in [2.05, 4.69) is 5.32 Å². The minimum absolute atomic E-state index is 0.104. The number of para-hydroxylation sites is 1. The Bertz CT molecular complexity index is 798. The standard InChI is InChI=1S/C19H19NO5/c1-24-16-8-3-2-7-15(16)19(9-10-19)18(23)20-13-5-4-6-14(11-13)25-12-17(21)22/h2-8,11H,9-10,12H2,1H3,(H,20,23)(H,21,22). The van der Waals surface area contributed by atoms with Gasteiger partial charge in [0, 0.05) is 17.3 Å². The van der Waals surface area contributed by atoms with Gasteiger partial charge in [-0.3, -0.25) is 4.79 Å². The van der Waals surface area contributed by atoms with E-state index < -0.39 is 18.0 Å². The van der Waals surface area contributed by atoms with Crippen LogP contribution in [0.4, 0.5) is 5.69 Å². The topological polar surface area (TPSA) is 84.9 Å². The number of carbonyl (C=O) groups is 2. The van der Waals surface area contributed by atoms with Crippen molar-refractivity contribution < 1.29 is 24.2 Å². The van der Waals surface area contributed by atoms with E-state index in [1.54, 1.807) is 31.4 Å². The van der Waals surface area contributed by atoms with Gasteiger partial charge in [0.1, 0.15) is 11.5 Å². The summed E-state index contributed by atoms with van der Waals surface area (Å²) in [4.78, 5) is 23.4. The van der Waals surface area contributed by atoms with Crippen LogP contribution in [0.3, 0.4) is 0 Å². The molecule has 1 amide bonds. The zero-order chi connectivity index (χ0) is 17.9. The van der Waals surface area contributed by atoms with Crippen molar-refractivity contribution >= 4 is 17.6 Å². The number of carboxylic acids is 1. The third-order valence-corrected chi connectivity index (χ3v) is 4.26. The Labute approximate surface area is 145 Å². The number of hydrogen-bond donors (Lipinski definition) is 2. The lowest BCUT2D eigenvalue weighted by atomic mass is 9.94. The van der Waals surface area contributed by atoms with Gasteiger partial charge in [-0.1, -0.05) is 24.3 Å². The number of benzene rings is 2. The average molecular weight is 341 g/mol. The Morgan fingerprint density at radius 3 is 2.60 bits per heavy atom. The van der Waals surface area contributed by atoms with Crippen LogP contribution in [0.2, 0.25) is 0 Å². The lowest BCUT2D eigenvalue weighted by Crippen LogP contribution is -2.28. The Balaban J connectivity index is 1.76. The number of hydrogen-bond acceptors (Lipinski definition) is 4. The molecule has 0 atom stereocenters. The lowest BCUT2D eigenvalue weighted by molar-refractivity contribution is -0.139. The van der Waals surface area contributed by atoms with Crippen LogP contribution in [0.25, 0.3) is 0 Å². The number of carbonyl (C=O) groups excluding carboxylic acids is 1. The Kier molecular flexibility index (Phi) is 4.61. The van der Waals surface area contributed by atoms with Crippen molar-refractivity contribution in [3.8, 4) is 11.5 Å². The molecule has 1 saturated carbocycles. The maximum atomic E-state index is 12.8. The Hall–Kier alpha value is -3.02. The van der Waals surface area contributed by atoms with Crippen molar-refractivity contribution in [2.24, 2.45) is 0 Å². The first kappa shape index (κ1) is 16.8. The fourth-order valence-corrected chi connectivity index (χ4v) is 2.84. The van der Waals surface area contributed by atoms with E-state index in [0.29, 0.717) is 17.2 Å². The third-order valence-electron chi connectivity index (χ3n) is 4.26. The van der Waals surface area contributed by atoms with Crippen LogP contribution in [0.15, 0.2) is 48.5 Å². The van der Waals surface area contributed by atoms with Gasteiger partial charge in [-0.05, 0) is 31.0 Å². The molecule has 0 saturated heterocycles. The van der Waals surface area contributed by atoms with Crippen LogP contribution in [0.1, 0.15) is 18.4 Å². The average Bonchev–Trinajstić information content (AvgIpc) is 3.42. The highest BCUT2D eigenvalue weighted by atomic mass is 16.5. The van der Waals surface area contributed by atoms with Gasteiger partial charge in [-0.15, -0.1) is 0 Å². The largest absolute Gasteiger partial charge is 0.496 e. The quantitative estimate of drug-likeness (QED) is 0.809. The van der Waals surface area contributed by atoms with Gasteiger partial charge in [0.25, 0.3) is 0 Å². The first-order valence-corrected chi connectivity index (χ1v) is 7.95. The van der Waals surface area contributed by atoms with Crippen molar-refractivity contribution in [3.63, 3.8) is 0 Å². The first-order valence-electron chi connectivity index (χ1n) is 7.95. The summed E-state index contributed by atoms with van der Waals surface area (Å²) >= 11 is 0. The maximum Gasteiger partial charge on any atom is 0.341 e. The maximum absolute atomic E-state index is 12.8. The molecule has 0 aliphatic heterocycles. The van der Waals surface area contributed by atoms with Crippen LogP contribution < -0.4 is 14.8 Å². The first-order chi connectivity index (χ1) is 12.0. The van der Waals surface area contributed by atoms with Gasteiger partial charge in [0.05, 0.1) is 12.5 Å². The van der Waals surface area contributed by atoms with E-state index in [1.165, 1.54) is 0 Å². The molecule has 2 aromatic rings. The Morgan fingerprint density at radius 1 is 1.16 bits per heavy atom. The number of ether oxygens (including phenoxy) is 2. The fraction of sp³-hybridized carbons (Fsp3) is 0.263. The number of nitrogens with one attached hydrogen (secondary N) is 1. The van der Waals surface area contributed by atoms with Gasteiger partial charge in [-0.2, -0.15) is 0 Å². The van der Waals surface area contributed by atoms with E-state index in [9.17, 15) is 9.59 Å².